The van der Waals surface area contributed by atoms with E-state index in [9.17, 15) is 30.0 Å². The molecular formula is C32H54O8. The lowest BCUT2D eigenvalue weighted by Gasteiger charge is -2.63. The highest BCUT2D eigenvalue weighted by Crippen LogP contribution is 2.69. The van der Waals surface area contributed by atoms with E-state index < -0.39 is 52.8 Å². The second kappa shape index (κ2) is 10.8. The van der Waals surface area contributed by atoms with Crippen LogP contribution in [0.4, 0.5) is 0 Å². The molecule has 13 unspecified atom stereocenters. The molecule has 0 aromatic carbocycles. The van der Waals surface area contributed by atoms with Crippen molar-refractivity contribution in [1.29, 1.82) is 0 Å². The predicted octanol–water partition coefficient (Wildman–Crippen LogP) is 4.00. The summed E-state index contributed by atoms with van der Waals surface area (Å²) in [5.41, 5.74) is -3.05. The van der Waals surface area contributed by atoms with E-state index in [1.807, 2.05) is 6.92 Å². The fraction of sp³-hybridized carbons (Fsp3) is 0.938. The molecule has 4 rings (SSSR count). The maximum atomic E-state index is 12.3. The first-order valence-electron chi connectivity index (χ1n) is 15.5. The lowest BCUT2D eigenvalue weighted by Crippen LogP contribution is -2.62. The minimum Gasteiger partial charge on any atom is -0.460 e. The van der Waals surface area contributed by atoms with Gasteiger partial charge in [0.05, 0.1) is 18.3 Å². The second-order valence-electron chi connectivity index (χ2n) is 15.2. The lowest BCUT2D eigenvalue weighted by atomic mass is 9.43. The van der Waals surface area contributed by atoms with E-state index in [1.165, 1.54) is 13.8 Å². The minimum absolute atomic E-state index is 0.0492. The molecule has 0 heterocycles. The Labute approximate surface area is 240 Å². The number of esters is 2. The molecule has 0 spiro atoms. The van der Waals surface area contributed by atoms with Crippen LogP contribution in [-0.4, -0.2) is 68.0 Å². The van der Waals surface area contributed by atoms with E-state index in [1.54, 1.807) is 20.8 Å². The summed E-state index contributed by atoms with van der Waals surface area (Å²) in [4.78, 5) is 24.0. The Kier molecular flexibility index (Phi) is 8.56. The van der Waals surface area contributed by atoms with Gasteiger partial charge in [-0.2, -0.15) is 0 Å². The fourth-order valence-electron chi connectivity index (χ4n) is 10.3. The molecular weight excluding hydrogens is 512 g/mol. The summed E-state index contributed by atoms with van der Waals surface area (Å²) < 4.78 is 11.3. The summed E-state index contributed by atoms with van der Waals surface area (Å²) in [6.07, 6.45) is 3.05. The van der Waals surface area contributed by atoms with Gasteiger partial charge in [0.15, 0.2) is 0 Å². The molecule has 8 nitrogen and oxygen atoms in total. The maximum absolute atomic E-state index is 12.3. The number of hydrogen-bond donors (Lipinski definition) is 4. The minimum atomic E-state index is -1.59. The van der Waals surface area contributed by atoms with Crippen LogP contribution in [0.15, 0.2) is 0 Å². The molecule has 13 atom stereocenters. The monoisotopic (exact) mass is 566 g/mol. The number of carbonyl (C=O) groups excluding carboxylic acids is 2. The number of fused-ring (bicyclic) bond motifs is 5. The smallest absolute Gasteiger partial charge is 0.303 e. The van der Waals surface area contributed by atoms with Crippen LogP contribution >= 0.6 is 0 Å². The normalized spacial score (nSPS) is 44.3. The third-order valence-electron chi connectivity index (χ3n) is 12.3. The molecule has 0 aromatic heterocycles. The average molecular weight is 567 g/mol. The Hall–Kier alpha value is -1.22. The first-order chi connectivity index (χ1) is 18.3. The van der Waals surface area contributed by atoms with Gasteiger partial charge in [0.25, 0.3) is 0 Å². The Bertz CT molecular complexity index is 963. The van der Waals surface area contributed by atoms with Crippen LogP contribution in [-0.2, 0) is 19.1 Å². The summed E-state index contributed by atoms with van der Waals surface area (Å²) in [7, 11) is 0. The molecule has 0 aliphatic heterocycles. The van der Waals surface area contributed by atoms with Crippen LogP contribution in [0, 0.1) is 46.3 Å². The molecule has 0 saturated heterocycles. The molecule has 4 aliphatic carbocycles. The molecule has 4 fully saturated rings. The summed E-state index contributed by atoms with van der Waals surface area (Å²) >= 11 is 0. The average Bonchev–Trinajstić information content (AvgIpc) is 3.07. The van der Waals surface area contributed by atoms with Gasteiger partial charge in [-0.1, -0.05) is 20.8 Å². The van der Waals surface area contributed by atoms with Gasteiger partial charge in [-0.25, -0.2) is 0 Å². The zero-order valence-electron chi connectivity index (χ0n) is 25.9. The molecule has 8 heteroatoms. The maximum Gasteiger partial charge on any atom is 0.303 e. The van der Waals surface area contributed by atoms with Crippen LogP contribution in [0.25, 0.3) is 0 Å². The highest BCUT2D eigenvalue weighted by atomic mass is 16.6. The van der Waals surface area contributed by atoms with Crippen molar-refractivity contribution < 1.29 is 39.5 Å². The van der Waals surface area contributed by atoms with Crippen LogP contribution in [0.5, 0.6) is 0 Å². The molecule has 0 radical (unpaired) electrons. The number of rotatable bonds is 7. The fourth-order valence-corrected chi connectivity index (χ4v) is 10.3. The molecule has 40 heavy (non-hydrogen) atoms. The first-order valence-corrected chi connectivity index (χ1v) is 15.5. The number of hydrogen-bond acceptors (Lipinski definition) is 8. The molecule has 4 aliphatic rings. The van der Waals surface area contributed by atoms with E-state index in [4.69, 9.17) is 9.47 Å². The quantitative estimate of drug-likeness (QED) is 0.340. The van der Waals surface area contributed by atoms with E-state index in [0.29, 0.717) is 18.8 Å². The molecule has 4 N–H and O–H groups in total. The van der Waals surface area contributed by atoms with Crippen molar-refractivity contribution in [3.63, 3.8) is 0 Å². The third kappa shape index (κ3) is 5.35. The Morgan fingerprint density at radius 2 is 1.60 bits per heavy atom. The predicted molar refractivity (Wildman–Crippen MR) is 150 cm³/mol. The zero-order valence-corrected chi connectivity index (χ0v) is 25.9. The molecule has 0 bridgehead atoms. The standard InChI is InChI=1S/C32H54O8/c1-17(29(4,5)40-19(3)34)13-26(39-18(2)33)32(8,38)28-24(36)15-23-22-10-9-20-14-21(35)11-12-30(20,6)27(22)25(37)16-31(23,28)7/h17,20-28,35-38H,9-16H2,1-8H3. The van der Waals surface area contributed by atoms with Crippen molar-refractivity contribution in [3.8, 4) is 0 Å². The summed E-state index contributed by atoms with van der Waals surface area (Å²) in [5.74, 6) is -0.985. The Morgan fingerprint density at radius 1 is 0.950 bits per heavy atom. The lowest BCUT2D eigenvalue weighted by molar-refractivity contribution is -0.215. The largest absolute Gasteiger partial charge is 0.460 e. The van der Waals surface area contributed by atoms with Crippen LogP contribution in [0.1, 0.15) is 107 Å². The second-order valence-corrected chi connectivity index (χ2v) is 15.2. The molecule has 4 saturated carbocycles. The SMILES string of the molecule is CC(=O)OC(CC(C)C(C)(C)OC(C)=O)C(C)(O)C1C(O)CC2C3CCC4CC(O)CCC4(C)C3C(O)CC21C. The first kappa shape index (κ1) is 31.7. The number of aliphatic hydroxyl groups is 4. The van der Waals surface area contributed by atoms with Gasteiger partial charge in [-0.05, 0) is 113 Å². The number of aliphatic hydroxyl groups excluding tert-OH is 3. The number of carbonyl (C=O) groups is 2. The van der Waals surface area contributed by atoms with Gasteiger partial charge >= 0.3 is 11.9 Å². The zero-order chi connectivity index (χ0) is 30.0. The Morgan fingerprint density at radius 3 is 2.20 bits per heavy atom. The highest BCUT2D eigenvalue weighted by Gasteiger charge is 2.68. The van der Waals surface area contributed by atoms with Gasteiger partial charge in [-0.3, -0.25) is 9.59 Å². The molecule has 0 amide bonds. The van der Waals surface area contributed by atoms with E-state index in [2.05, 4.69) is 13.8 Å². The van der Waals surface area contributed by atoms with Crippen molar-refractivity contribution in [2.75, 3.05) is 0 Å². The van der Waals surface area contributed by atoms with Gasteiger partial charge < -0.3 is 29.9 Å². The number of ether oxygens (including phenoxy) is 2. The van der Waals surface area contributed by atoms with Gasteiger partial charge in [0, 0.05) is 19.8 Å². The van der Waals surface area contributed by atoms with E-state index >= 15 is 0 Å². The van der Waals surface area contributed by atoms with E-state index in [-0.39, 0.29) is 41.6 Å². The van der Waals surface area contributed by atoms with Crippen molar-refractivity contribution in [2.45, 2.75) is 142 Å². The molecule has 0 aromatic rings. The van der Waals surface area contributed by atoms with Crippen LogP contribution in [0.3, 0.4) is 0 Å². The highest BCUT2D eigenvalue weighted by molar-refractivity contribution is 5.66. The third-order valence-corrected chi connectivity index (χ3v) is 12.3. The van der Waals surface area contributed by atoms with Gasteiger partial charge in [-0.15, -0.1) is 0 Å². The van der Waals surface area contributed by atoms with Crippen molar-refractivity contribution in [1.82, 2.24) is 0 Å². The summed E-state index contributed by atoms with van der Waals surface area (Å²) in [5, 5.41) is 46.1. The van der Waals surface area contributed by atoms with Crippen molar-refractivity contribution >= 4 is 11.9 Å². The van der Waals surface area contributed by atoms with Gasteiger partial charge in [0.2, 0.25) is 0 Å². The van der Waals surface area contributed by atoms with Gasteiger partial charge in [0.1, 0.15) is 17.3 Å². The van der Waals surface area contributed by atoms with Crippen molar-refractivity contribution in [2.24, 2.45) is 46.3 Å². The van der Waals surface area contributed by atoms with Crippen LogP contribution < -0.4 is 0 Å². The summed E-state index contributed by atoms with van der Waals surface area (Å²) in [6.45, 7) is 14.2. The van der Waals surface area contributed by atoms with E-state index in [0.717, 1.165) is 32.1 Å². The van der Waals surface area contributed by atoms with Crippen LogP contribution in [0.2, 0.25) is 0 Å². The van der Waals surface area contributed by atoms with Crippen molar-refractivity contribution in [3.05, 3.63) is 0 Å². The molecule has 230 valence electrons. The summed E-state index contributed by atoms with van der Waals surface area (Å²) in [6, 6.07) is 0. The topological polar surface area (TPSA) is 134 Å². The Balaban J connectivity index is 1.64.